The molecule has 10 heteroatoms. The van der Waals surface area contributed by atoms with E-state index in [0.717, 1.165) is 6.20 Å². The lowest BCUT2D eigenvalue weighted by Crippen LogP contribution is -2.39. The maximum atomic E-state index is 12.6. The van der Waals surface area contributed by atoms with Crippen LogP contribution in [0.5, 0.6) is 0 Å². The molecule has 5 N–H and O–H groups in total. The van der Waals surface area contributed by atoms with Gasteiger partial charge in [-0.3, -0.25) is 5.10 Å². The van der Waals surface area contributed by atoms with Crippen LogP contribution < -0.4 is 10.5 Å². The molecule has 0 fully saturated rings. The second kappa shape index (κ2) is 4.31. The summed E-state index contributed by atoms with van der Waals surface area (Å²) in [6, 6.07) is 0. The molecule has 0 aliphatic rings. The van der Waals surface area contributed by atoms with Gasteiger partial charge in [0.2, 0.25) is 10.0 Å². The monoisotopic (exact) mass is 256 g/mol. The van der Waals surface area contributed by atoms with Crippen molar-refractivity contribution < 1.29 is 22.3 Å². The summed E-state index contributed by atoms with van der Waals surface area (Å²) in [6.45, 7) is -2.66. The van der Waals surface area contributed by atoms with Gasteiger partial charge in [-0.25, -0.2) is 21.9 Å². The van der Waals surface area contributed by atoms with Gasteiger partial charge in [0.15, 0.2) is 0 Å². The Balaban J connectivity index is 2.79. The first kappa shape index (κ1) is 12.8. The molecule has 0 unspecified atom stereocenters. The number of nitrogens with one attached hydrogen (secondary N) is 2. The molecule has 1 rings (SSSR count). The number of hydrogen-bond acceptors (Lipinski definition) is 5. The smallest absolute Gasteiger partial charge is 0.283 e. The molecule has 0 spiro atoms. The predicted molar refractivity (Wildman–Crippen MR) is 50.2 cm³/mol. The van der Waals surface area contributed by atoms with Gasteiger partial charge in [0.25, 0.3) is 5.92 Å². The van der Waals surface area contributed by atoms with E-state index in [0.29, 0.717) is 0 Å². The van der Waals surface area contributed by atoms with Crippen molar-refractivity contribution in [3.63, 3.8) is 0 Å². The minimum atomic E-state index is -4.15. The van der Waals surface area contributed by atoms with Gasteiger partial charge >= 0.3 is 0 Å². The summed E-state index contributed by atoms with van der Waals surface area (Å²) in [5, 5.41) is 13.8. The van der Waals surface area contributed by atoms with Crippen LogP contribution in [0.25, 0.3) is 0 Å². The van der Waals surface area contributed by atoms with Gasteiger partial charge in [-0.05, 0) is 0 Å². The molecular formula is C6H10F2N4O3S. The molecule has 0 saturated carbocycles. The predicted octanol–water partition coefficient (Wildman–Crippen LogP) is -1.10. The van der Waals surface area contributed by atoms with Crippen LogP contribution in [0.4, 0.5) is 14.6 Å². The average molecular weight is 256 g/mol. The molecule has 0 aromatic carbocycles. The number of aromatic amines is 1. The number of anilines is 1. The van der Waals surface area contributed by atoms with E-state index in [4.69, 9.17) is 10.8 Å². The first-order valence-electron chi connectivity index (χ1n) is 4.06. The lowest BCUT2D eigenvalue weighted by Gasteiger charge is -2.13. The number of sulfonamides is 1. The molecular weight excluding hydrogens is 246 g/mol. The van der Waals surface area contributed by atoms with E-state index in [1.807, 2.05) is 0 Å². The normalized spacial score (nSPS) is 12.9. The fraction of sp³-hybridized carbons (Fsp3) is 0.500. The molecule has 0 saturated heterocycles. The maximum Gasteiger partial charge on any atom is 0.283 e. The largest absolute Gasteiger partial charge is 0.390 e. The van der Waals surface area contributed by atoms with E-state index in [2.05, 4.69) is 10.2 Å². The zero-order valence-electron chi connectivity index (χ0n) is 7.94. The molecule has 92 valence electrons. The molecule has 7 nitrogen and oxygen atoms in total. The number of aliphatic hydroxyl groups is 1. The van der Waals surface area contributed by atoms with Crippen LogP contribution in [0.15, 0.2) is 11.1 Å². The van der Waals surface area contributed by atoms with Gasteiger partial charge in [-0.15, -0.1) is 0 Å². The van der Waals surface area contributed by atoms with Crippen LogP contribution in [0, 0.1) is 0 Å². The van der Waals surface area contributed by atoms with Crippen molar-refractivity contribution in [1.29, 1.82) is 0 Å². The molecule has 0 atom stereocenters. The summed E-state index contributed by atoms with van der Waals surface area (Å²) in [7, 11) is -4.15. The minimum Gasteiger partial charge on any atom is -0.390 e. The van der Waals surface area contributed by atoms with E-state index in [9.17, 15) is 17.2 Å². The lowest BCUT2D eigenvalue weighted by molar-refractivity contribution is -0.0437. The van der Waals surface area contributed by atoms with Crippen molar-refractivity contribution in [2.24, 2.45) is 0 Å². The van der Waals surface area contributed by atoms with Gasteiger partial charge in [-0.1, -0.05) is 0 Å². The Morgan fingerprint density at radius 2 is 2.25 bits per heavy atom. The highest BCUT2D eigenvalue weighted by molar-refractivity contribution is 7.89. The number of rotatable bonds is 5. The highest BCUT2D eigenvalue weighted by Gasteiger charge is 2.31. The number of hydrogen-bond donors (Lipinski definition) is 4. The molecule has 1 aromatic heterocycles. The zero-order valence-corrected chi connectivity index (χ0v) is 8.76. The van der Waals surface area contributed by atoms with Crippen molar-refractivity contribution >= 4 is 15.8 Å². The third kappa shape index (κ3) is 2.87. The number of halogens is 2. The SMILES string of the molecule is Nc1[nH]ncc1S(=O)(=O)NCC(F)(F)CO. The highest BCUT2D eigenvalue weighted by Crippen LogP contribution is 2.16. The van der Waals surface area contributed by atoms with Crippen molar-refractivity contribution in [2.75, 3.05) is 18.9 Å². The molecule has 0 amide bonds. The Labute approximate surface area is 89.7 Å². The molecule has 0 aliphatic carbocycles. The van der Waals surface area contributed by atoms with E-state index in [-0.39, 0.29) is 5.82 Å². The number of nitrogens with two attached hydrogens (primary N) is 1. The molecule has 1 heterocycles. The zero-order chi connectivity index (χ0) is 12.4. The number of H-pyrrole nitrogens is 1. The van der Waals surface area contributed by atoms with Crippen molar-refractivity contribution in [1.82, 2.24) is 14.9 Å². The van der Waals surface area contributed by atoms with E-state index >= 15 is 0 Å². The van der Waals surface area contributed by atoms with E-state index in [1.54, 1.807) is 4.72 Å². The van der Waals surface area contributed by atoms with Crippen LogP contribution in [0.3, 0.4) is 0 Å². The van der Waals surface area contributed by atoms with Gasteiger partial charge in [-0.2, -0.15) is 5.10 Å². The van der Waals surface area contributed by atoms with E-state index < -0.39 is 34.0 Å². The summed E-state index contributed by atoms with van der Waals surface area (Å²) in [5.41, 5.74) is 5.22. The van der Waals surface area contributed by atoms with Crippen LogP contribution in [-0.4, -0.2) is 42.8 Å². The van der Waals surface area contributed by atoms with Crippen LogP contribution in [-0.2, 0) is 10.0 Å². The Morgan fingerprint density at radius 1 is 1.62 bits per heavy atom. The lowest BCUT2D eigenvalue weighted by atomic mass is 10.4. The van der Waals surface area contributed by atoms with Crippen LogP contribution in [0.2, 0.25) is 0 Å². The average Bonchev–Trinajstić information content (AvgIpc) is 2.63. The Hall–Kier alpha value is -1.26. The quantitative estimate of drug-likeness (QED) is 0.532. The van der Waals surface area contributed by atoms with Crippen molar-refractivity contribution in [2.45, 2.75) is 10.8 Å². The van der Waals surface area contributed by atoms with Crippen LogP contribution in [0.1, 0.15) is 0 Å². The fourth-order valence-electron chi connectivity index (χ4n) is 0.833. The van der Waals surface area contributed by atoms with Crippen LogP contribution >= 0.6 is 0 Å². The summed E-state index contributed by atoms with van der Waals surface area (Å²) >= 11 is 0. The number of nitrogen functional groups attached to an aromatic ring is 1. The Bertz CT molecular complexity index is 458. The van der Waals surface area contributed by atoms with Gasteiger partial charge in [0.1, 0.15) is 17.3 Å². The molecule has 16 heavy (non-hydrogen) atoms. The number of nitrogens with zero attached hydrogens (tertiary/aromatic N) is 1. The second-order valence-electron chi connectivity index (χ2n) is 2.99. The topological polar surface area (TPSA) is 121 Å². The Morgan fingerprint density at radius 3 is 2.69 bits per heavy atom. The number of aliphatic hydroxyl groups excluding tert-OH is 1. The second-order valence-corrected chi connectivity index (χ2v) is 4.72. The van der Waals surface area contributed by atoms with Gasteiger partial charge < -0.3 is 10.8 Å². The van der Waals surface area contributed by atoms with Crippen molar-refractivity contribution in [3.05, 3.63) is 6.20 Å². The fourth-order valence-corrected chi connectivity index (χ4v) is 1.92. The standard InChI is InChI=1S/C6H10F2N4O3S/c7-6(8,3-13)2-11-16(14,15)4-1-10-12-5(4)9/h1,11,13H,2-3H2,(H3,9,10,12). The summed E-state index contributed by atoms with van der Waals surface area (Å²) in [5.74, 6) is -3.77. The third-order valence-electron chi connectivity index (χ3n) is 1.67. The molecule has 0 radical (unpaired) electrons. The third-order valence-corrected chi connectivity index (χ3v) is 3.10. The first-order chi connectivity index (χ1) is 7.28. The van der Waals surface area contributed by atoms with Crippen molar-refractivity contribution in [3.8, 4) is 0 Å². The molecule has 0 bridgehead atoms. The van der Waals surface area contributed by atoms with Gasteiger partial charge in [0.05, 0.1) is 12.7 Å². The van der Waals surface area contributed by atoms with Gasteiger partial charge in [0, 0.05) is 0 Å². The summed E-state index contributed by atoms with van der Waals surface area (Å²) < 4.78 is 49.6. The summed E-state index contributed by atoms with van der Waals surface area (Å²) in [6.07, 6.45) is 0.898. The Kier molecular flexibility index (Phi) is 3.45. The van der Waals surface area contributed by atoms with E-state index in [1.165, 1.54) is 0 Å². The highest BCUT2D eigenvalue weighted by atomic mass is 32.2. The summed E-state index contributed by atoms with van der Waals surface area (Å²) in [4.78, 5) is -0.416. The minimum absolute atomic E-state index is 0.250. The molecule has 1 aromatic rings. The first-order valence-corrected chi connectivity index (χ1v) is 5.54. The number of aromatic nitrogens is 2. The molecule has 0 aliphatic heterocycles. The maximum absolute atomic E-state index is 12.6. The number of alkyl halides is 2.